The third kappa shape index (κ3) is 4.31. The van der Waals surface area contributed by atoms with E-state index in [4.69, 9.17) is 9.47 Å². The molecule has 0 bridgehead atoms. The van der Waals surface area contributed by atoms with Crippen molar-refractivity contribution >= 4 is 23.6 Å². The molecule has 2 amide bonds. The summed E-state index contributed by atoms with van der Waals surface area (Å²) in [5.41, 5.74) is 1.84. The number of ketones is 1. The summed E-state index contributed by atoms with van der Waals surface area (Å²) in [7, 11) is 0. The fraction of sp³-hybridized carbons (Fsp3) is 0.185. The first-order valence-corrected chi connectivity index (χ1v) is 11.2. The van der Waals surface area contributed by atoms with Gasteiger partial charge in [-0.2, -0.15) is 0 Å². The molecular weight excluding hydrogens is 448 g/mol. The number of benzene rings is 3. The van der Waals surface area contributed by atoms with Crippen LogP contribution in [-0.2, 0) is 23.9 Å². The Hall–Kier alpha value is -4.30. The zero-order chi connectivity index (χ0) is 24.4. The fourth-order valence-electron chi connectivity index (χ4n) is 4.30. The lowest BCUT2D eigenvalue weighted by Gasteiger charge is -2.51. The van der Waals surface area contributed by atoms with Crippen molar-refractivity contribution in [2.24, 2.45) is 0 Å². The lowest BCUT2D eigenvalue weighted by atomic mass is 9.95. The second-order valence-electron chi connectivity index (χ2n) is 8.27. The van der Waals surface area contributed by atoms with Crippen LogP contribution in [0.3, 0.4) is 0 Å². The zero-order valence-electron chi connectivity index (χ0n) is 18.6. The molecule has 5 rings (SSSR count). The van der Waals surface area contributed by atoms with Gasteiger partial charge in [0, 0.05) is 5.56 Å². The van der Waals surface area contributed by atoms with Gasteiger partial charge in [0.2, 0.25) is 0 Å². The van der Waals surface area contributed by atoms with Crippen LogP contribution in [-0.4, -0.2) is 53.4 Å². The van der Waals surface area contributed by atoms with Crippen LogP contribution < -0.4 is 5.32 Å². The number of rotatable bonds is 6. The summed E-state index contributed by atoms with van der Waals surface area (Å²) in [6.45, 7) is -0.368. The summed E-state index contributed by atoms with van der Waals surface area (Å²) in [5.74, 6) is -2.45. The topological polar surface area (TPSA) is 102 Å². The Bertz CT molecular complexity index is 1210. The summed E-state index contributed by atoms with van der Waals surface area (Å²) in [5, 5.41) is 2.63. The number of esters is 1. The van der Waals surface area contributed by atoms with E-state index in [1.807, 2.05) is 60.7 Å². The average molecular weight is 470 g/mol. The van der Waals surface area contributed by atoms with Gasteiger partial charge in [0.1, 0.15) is 6.61 Å². The number of amides is 2. The summed E-state index contributed by atoms with van der Waals surface area (Å²) in [6, 6.07) is 24.3. The Kier molecular flexibility index (Phi) is 6.12. The first-order chi connectivity index (χ1) is 17.0. The second kappa shape index (κ2) is 9.52. The second-order valence-corrected chi connectivity index (χ2v) is 8.27. The van der Waals surface area contributed by atoms with E-state index in [1.54, 1.807) is 30.3 Å². The maximum absolute atomic E-state index is 13.3. The van der Waals surface area contributed by atoms with Gasteiger partial charge in [-0.15, -0.1) is 0 Å². The molecule has 3 unspecified atom stereocenters. The van der Waals surface area contributed by atoms with Gasteiger partial charge in [-0.25, -0.2) is 4.79 Å². The minimum atomic E-state index is -1.44. The highest BCUT2D eigenvalue weighted by Gasteiger charge is 2.59. The van der Waals surface area contributed by atoms with Crippen LogP contribution in [0, 0.1) is 0 Å². The molecule has 0 aromatic heterocycles. The highest BCUT2D eigenvalue weighted by molar-refractivity contribution is 6.10. The molecule has 2 saturated heterocycles. The fourth-order valence-corrected chi connectivity index (χ4v) is 4.30. The highest BCUT2D eigenvalue weighted by Crippen LogP contribution is 2.32. The Labute approximate surface area is 201 Å². The van der Waals surface area contributed by atoms with Crippen molar-refractivity contribution in [3.8, 4) is 0 Å². The van der Waals surface area contributed by atoms with Crippen molar-refractivity contribution in [2.45, 2.75) is 24.4 Å². The van der Waals surface area contributed by atoms with E-state index in [9.17, 15) is 19.2 Å². The highest BCUT2D eigenvalue weighted by atomic mass is 16.6. The van der Waals surface area contributed by atoms with Gasteiger partial charge in [-0.3, -0.25) is 19.3 Å². The number of β-lactam (4-membered cyclic amide) rings is 1. The number of fused-ring (bicyclic) bond motifs is 1. The molecule has 0 spiro atoms. The molecule has 3 aromatic carbocycles. The molecule has 3 atom stereocenters. The van der Waals surface area contributed by atoms with Gasteiger partial charge in [0.15, 0.2) is 30.2 Å². The van der Waals surface area contributed by atoms with Crippen molar-refractivity contribution in [3.05, 3.63) is 108 Å². The normalized spacial score (nSPS) is 21.2. The number of carbonyl (C=O) groups excluding carboxylic acids is 4. The van der Waals surface area contributed by atoms with Crippen LogP contribution in [0.25, 0.3) is 0 Å². The summed E-state index contributed by atoms with van der Waals surface area (Å²) in [6.07, 6.45) is -1.69. The van der Waals surface area contributed by atoms with Crippen LogP contribution in [0.1, 0.15) is 27.6 Å². The van der Waals surface area contributed by atoms with E-state index in [-0.39, 0.29) is 6.61 Å². The van der Waals surface area contributed by atoms with Crippen LogP contribution >= 0.6 is 0 Å². The Morgan fingerprint density at radius 1 is 0.857 bits per heavy atom. The summed E-state index contributed by atoms with van der Waals surface area (Å²) in [4.78, 5) is 52.4. The van der Waals surface area contributed by atoms with Crippen LogP contribution in [0.5, 0.6) is 0 Å². The monoisotopic (exact) mass is 470 g/mol. The smallest absolute Gasteiger partial charge is 0.337 e. The molecule has 176 valence electrons. The van der Waals surface area contributed by atoms with Crippen molar-refractivity contribution in [1.82, 2.24) is 10.2 Å². The van der Waals surface area contributed by atoms with Gasteiger partial charge in [-0.1, -0.05) is 78.9 Å². The van der Waals surface area contributed by atoms with E-state index in [0.29, 0.717) is 5.56 Å². The number of nitrogens with one attached hydrogen (secondary N) is 1. The van der Waals surface area contributed by atoms with Crippen LogP contribution in [0.4, 0.5) is 0 Å². The SMILES string of the molecule is O=C(NC1C(=O)N2C(C(=O)OC(c3ccccc3)c3ccccc3)C(=O)COC12)c1ccccc1. The predicted molar refractivity (Wildman–Crippen MR) is 124 cm³/mol. The van der Waals surface area contributed by atoms with Crippen LogP contribution in [0.2, 0.25) is 0 Å². The largest absolute Gasteiger partial charge is 0.451 e. The van der Waals surface area contributed by atoms with E-state index < -0.39 is 48.0 Å². The molecule has 2 aliphatic rings. The molecule has 1 N–H and O–H groups in total. The Morgan fingerprint density at radius 2 is 1.40 bits per heavy atom. The number of hydrogen-bond acceptors (Lipinski definition) is 6. The molecule has 8 nitrogen and oxygen atoms in total. The van der Waals surface area contributed by atoms with Gasteiger partial charge in [-0.05, 0) is 23.3 Å². The molecule has 0 saturated carbocycles. The third-order valence-electron chi connectivity index (χ3n) is 6.04. The standard InChI is InChI=1S/C27H22N2O6/c30-20-16-34-26-21(28-24(31)19-14-8-3-9-15-19)25(32)29(26)22(20)27(33)35-23(17-10-4-1-5-11-17)18-12-6-2-7-13-18/h1-15,21-23,26H,16H2,(H,28,31). The maximum Gasteiger partial charge on any atom is 0.337 e. The minimum absolute atomic E-state index is 0.368. The third-order valence-corrected chi connectivity index (χ3v) is 6.04. The molecule has 0 radical (unpaired) electrons. The molecule has 8 heteroatoms. The van der Waals surface area contributed by atoms with Crippen molar-refractivity contribution in [1.29, 1.82) is 0 Å². The van der Waals surface area contributed by atoms with Gasteiger partial charge in [0.25, 0.3) is 11.8 Å². The molecule has 0 aliphatic carbocycles. The van der Waals surface area contributed by atoms with E-state index in [2.05, 4.69) is 5.32 Å². The first kappa shape index (κ1) is 22.5. The van der Waals surface area contributed by atoms with Crippen LogP contribution in [0.15, 0.2) is 91.0 Å². The van der Waals surface area contributed by atoms with Crippen molar-refractivity contribution in [3.63, 3.8) is 0 Å². The van der Waals surface area contributed by atoms with Crippen molar-refractivity contribution in [2.75, 3.05) is 6.61 Å². The molecular formula is C27H22N2O6. The quantitative estimate of drug-likeness (QED) is 0.337. The first-order valence-electron chi connectivity index (χ1n) is 11.2. The van der Waals surface area contributed by atoms with Gasteiger partial charge < -0.3 is 14.8 Å². The van der Waals surface area contributed by atoms with Gasteiger partial charge >= 0.3 is 5.97 Å². The number of hydrogen-bond donors (Lipinski definition) is 1. The summed E-state index contributed by atoms with van der Waals surface area (Å²) >= 11 is 0. The summed E-state index contributed by atoms with van der Waals surface area (Å²) < 4.78 is 11.3. The zero-order valence-corrected chi connectivity index (χ0v) is 18.6. The lowest BCUT2D eigenvalue weighted by Crippen LogP contribution is -2.78. The predicted octanol–water partition coefficient (Wildman–Crippen LogP) is 2.25. The molecule has 2 heterocycles. The molecule has 3 aromatic rings. The van der Waals surface area contributed by atoms with E-state index in [1.165, 1.54) is 0 Å². The van der Waals surface area contributed by atoms with Gasteiger partial charge in [0.05, 0.1) is 0 Å². The number of carbonyl (C=O) groups is 4. The minimum Gasteiger partial charge on any atom is -0.451 e. The Balaban J connectivity index is 1.34. The molecule has 2 fully saturated rings. The van der Waals surface area contributed by atoms with E-state index in [0.717, 1.165) is 16.0 Å². The number of ether oxygens (including phenoxy) is 2. The molecule has 2 aliphatic heterocycles. The molecule has 35 heavy (non-hydrogen) atoms. The number of nitrogens with zero attached hydrogens (tertiary/aromatic N) is 1. The lowest BCUT2D eigenvalue weighted by molar-refractivity contribution is -0.212. The van der Waals surface area contributed by atoms with Crippen molar-refractivity contribution < 1.29 is 28.7 Å². The van der Waals surface area contributed by atoms with E-state index >= 15 is 0 Å². The maximum atomic E-state index is 13.3. The Morgan fingerprint density at radius 3 is 1.97 bits per heavy atom. The number of Topliss-reactive ketones (excluding diaryl/α,β-unsaturated/α-hetero) is 1. The average Bonchev–Trinajstić information content (AvgIpc) is 2.91.